The largest absolute Gasteiger partial charge is 0.355 e. The van der Waals surface area contributed by atoms with Gasteiger partial charge in [0.2, 0.25) is 5.91 Å². The fraction of sp³-hybridized carbons (Fsp3) is 0.333. The van der Waals surface area contributed by atoms with Crippen molar-refractivity contribution < 1.29 is 9.18 Å². The van der Waals surface area contributed by atoms with Crippen LogP contribution in [0.25, 0.3) is 38.9 Å². The highest BCUT2D eigenvalue weighted by Crippen LogP contribution is 2.45. The van der Waals surface area contributed by atoms with E-state index in [1.54, 1.807) is 17.3 Å². The number of hydrogen-bond acceptors (Lipinski definition) is 8. The molecule has 10 nitrogen and oxygen atoms in total. The smallest absolute Gasteiger partial charge is 0.346 e. The second kappa shape index (κ2) is 10.8. The molecule has 0 aliphatic carbocycles. The monoisotopic (exact) mass is 624 g/mol. The Kier molecular flexibility index (Phi) is 6.99. The molecule has 1 aromatic carbocycles. The summed E-state index contributed by atoms with van der Waals surface area (Å²) in [5, 5.41) is 8.41. The zero-order chi connectivity index (χ0) is 31.7. The van der Waals surface area contributed by atoms with Crippen molar-refractivity contribution >= 4 is 45.4 Å². The van der Waals surface area contributed by atoms with Crippen molar-refractivity contribution in [2.45, 2.75) is 57.5 Å². The molecule has 0 bridgehead atoms. The van der Waals surface area contributed by atoms with Crippen LogP contribution in [0.15, 0.2) is 52.9 Å². The number of pyridine rings is 2. The lowest BCUT2D eigenvalue weighted by Gasteiger charge is -2.45. The summed E-state index contributed by atoms with van der Waals surface area (Å²) in [7, 11) is 0. The number of H-pyrrole nitrogens is 1. The number of nitrogens with one attached hydrogen (secondary N) is 1. The van der Waals surface area contributed by atoms with E-state index in [1.807, 2.05) is 52.8 Å². The lowest BCUT2D eigenvalue weighted by atomic mass is 9.99. The molecule has 0 saturated carbocycles. The lowest BCUT2D eigenvalue weighted by molar-refractivity contribution is -0.127. The summed E-state index contributed by atoms with van der Waals surface area (Å²) in [5.74, 6) is 0.222. The molecule has 1 saturated heterocycles. The number of aromatic nitrogens is 6. The van der Waals surface area contributed by atoms with Gasteiger partial charge in [0.05, 0.1) is 39.4 Å². The van der Waals surface area contributed by atoms with Crippen molar-refractivity contribution in [2.24, 2.45) is 0 Å². The first-order valence-corrected chi connectivity index (χ1v) is 16.0. The van der Waals surface area contributed by atoms with E-state index in [0.29, 0.717) is 51.8 Å². The molecule has 1 fully saturated rings. The van der Waals surface area contributed by atoms with Gasteiger partial charge in [-0.05, 0) is 56.0 Å². The summed E-state index contributed by atoms with van der Waals surface area (Å²) in [4.78, 5) is 45.6. The maximum atomic E-state index is 17.1. The van der Waals surface area contributed by atoms with E-state index < -0.39 is 11.5 Å². The third-order valence-corrected chi connectivity index (χ3v) is 10.1. The van der Waals surface area contributed by atoms with Gasteiger partial charge in [0.1, 0.15) is 11.5 Å². The van der Waals surface area contributed by atoms with E-state index >= 15 is 4.39 Å². The Morgan fingerprint density at radius 3 is 2.73 bits per heavy atom. The van der Waals surface area contributed by atoms with Crippen molar-refractivity contribution in [2.75, 3.05) is 23.7 Å². The summed E-state index contributed by atoms with van der Waals surface area (Å²) in [5.41, 5.74) is 4.29. The van der Waals surface area contributed by atoms with Crippen LogP contribution in [0.5, 0.6) is 0 Å². The van der Waals surface area contributed by atoms with Crippen molar-refractivity contribution in [1.29, 1.82) is 0 Å². The van der Waals surface area contributed by atoms with Crippen molar-refractivity contribution in [3.8, 4) is 16.9 Å². The minimum Gasteiger partial charge on any atom is -0.346 e. The second-order valence-corrected chi connectivity index (χ2v) is 13.2. The number of halogens is 1. The van der Waals surface area contributed by atoms with Crippen LogP contribution in [-0.4, -0.2) is 71.4 Å². The van der Waals surface area contributed by atoms with Gasteiger partial charge in [-0.2, -0.15) is 10.1 Å². The molecule has 6 heterocycles. The topological polar surface area (TPSA) is 113 Å². The Morgan fingerprint density at radius 1 is 1.18 bits per heavy atom. The molecule has 230 valence electrons. The highest BCUT2D eigenvalue weighted by Gasteiger charge is 2.40. The number of fused-ring (bicyclic) bond motifs is 3. The summed E-state index contributed by atoms with van der Waals surface area (Å²) in [6.45, 7) is 14.4. The maximum Gasteiger partial charge on any atom is 0.355 e. The van der Waals surface area contributed by atoms with E-state index in [-0.39, 0.29) is 29.6 Å². The molecular formula is C33H33FN8O2S. The van der Waals surface area contributed by atoms with E-state index in [4.69, 9.17) is 4.98 Å². The van der Waals surface area contributed by atoms with Crippen LogP contribution in [0.3, 0.4) is 0 Å². The quantitative estimate of drug-likeness (QED) is 0.268. The molecule has 2 unspecified atom stereocenters. The third kappa shape index (κ3) is 4.45. The van der Waals surface area contributed by atoms with Crippen LogP contribution in [-0.2, 0) is 4.79 Å². The van der Waals surface area contributed by atoms with Crippen molar-refractivity contribution in [1.82, 2.24) is 34.6 Å². The van der Waals surface area contributed by atoms with Crippen LogP contribution in [0.1, 0.15) is 43.5 Å². The molecule has 45 heavy (non-hydrogen) atoms. The molecule has 0 radical (unpaired) electrons. The number of benzene rings is 1. The number of rotatable bonds is 4. The maximum absolute atomic E-state index is 17.1. The molecule has 2 aliphatic heterocycles. The van der Waals surface area contributed by atoms with Crippen LogP contribution in [0.4, 0.5) is 10.2 Å². The Morgan fingerprint density at radius 2 is 1.98 bits per heavy atom. The first-order valence-electron chi connectivity index (χ1n) is 15.0. The van der Waals surface area contributed by atoms with Crippen LogP contribution >= 0.6 is 11.8 Å². The normalized spacial score (nSPS) is 18.0. The average molecular weight is 625 g/mol. The molecule has 2 aliphatic rings. The zero-order valence-corrected chi connectivity index (χ0v) is 26.6. The average Bonchev–Trinajstić information content (AvgIpc) is 3.42. The van der Waals surface area contributed by atoms with Crippen molar-refractivity contribution in [3.05, 3.63) is 76.4 Å². The number of aromatic amines is 1. The molecule has 7 rings (SSSR count). The van der Waals surface area contributed by atoms with E-state index in [2.05, 4.69) is 31.6 Å². The van der Waals surface area contributed by atoms with Gasteiger partial charge in [-0.3, -0.25) is 14.9 Å². The number of hydrogen-bond donors (Lipinski definition) is 1. The van der Waals surface area contributed by atoms with Gasteiger partial charge in [0.25, 0.3) is 0 Å². The van der Waals surface area contributed by atoms with Gasteiger partial charge >= 0.3 is 5.69 Å². The summed E-state index contributed by atoms with van der Waals surface area (Å²) < 4.78 is 18.6. The number of amides is 1. The summed E-state index contributed by atoms with van der Waals surface area (Å²) in [6, 6.07) is 5.27. The number of piperazine rings is 1. The number of anilines is 1. The van der Waals surface area contributed by atoms with Gasteiger partial charge in [-0.15, -0.1) is 11.8 Å². The highest BCUT2D eigenvalue weighted by atomic mass is 32.2. The Balaban J connectivity index is 1.60. The first-order chi connectivity index (χ1) is 21.6. The fourth-order valence-corrected chi connectivity index (χ4v) is 7.96. The molecule has 1 amide bonds. The molecular weight excluding hydrogens is 591 g/mol. The Labute approximate surface area is 263 Å². The standard InChI is InChI=1S/C33H33FN8O2S/c1-7-23(43)40-13-19(6)41-20(14-40)15-45-30-25-31(37-28(26(30)34)24-17(4)8-9-22-21(24)12-36-39-22)42(33(44)38-32(25)41)29-18(5)10-11-35-27(29)16(2)3/h7-12,16,19-20H,1,13-15H2,2-6H3,(H,36,39). The SMILES string of the molecule is C=CC(=O)N1CC(C)N2c3nc(=O)n(-c4c(C)ccnc4C(C)C)c4nc(-c5c(C)ccc6[nH]ncc56)c(F)c(c34)SCC2C1. The molecule has 1 N–H and O–H groups in total. The predicted molar refractivity (Wildman–Crippen MR) is 175 cm³/mol. The minimum atomic E-state index is -0.521. The number of thioether (sulfide) groups is 1. The molecule has 5 aromatic rings. The van der Waals surface area contributed by atoms with Crippen LogP contribution in [0, 0.1) is 19.7 Å². The molecule has 0 spiro atoms. The van der Waals surface area contributed by atoms with Crippen LogP contribution < -0.4 is 10.6 Å². The molecule has 2 atom stereocenters. The fourth-order valence-electron chi connectivity index (χ4n) is 6.78. The number of aryl methyl sites for hydroxylation is 2. The van der Waals surface area contributed by atoms with E-state index in [9.17, 15) is 9.59 Å². The highest BCUT2D eigenvalue weighted by molar-refractivity contribution is 7.99. The Hall–Kier alpha value is -4.58. The second-order valence-electron chi connectivity index (χ2n) is 12.1. The van der Waals surface area contributed by atoms with Gasteiger partial charge in [-0.25, -0.2) is 18.7 Å². The first kappa shape index (κ1) is 29.1. The summed E-state index contributed by atoms with van der Waals surface area (Å²) >= 11 is 1.37. The lowest BCUT2D eigenvalue weighted by Crippen LogP contribution is -2.60. The van der Waals surface area contributed by atoms with E-state index in [0.717, 1.165) is 27.7 Å². The van der Waals surface area contributed by atoms with Gasteiger partial charge < -0.3 is 9.80 Å². The molecule has 4 aromatic heterocycles. The van der Waals surface area contributed by atoms with Gasteiger partial charge in [0.15, 0.2) is 11.5 Å². The minimum absolute atomic E-state index is 0.00669. The third-order valence-electron chi connectivity index (χ3n) is 8.83. The number of nitrogens with zero attached hydrogens (tertiary/aromatic N) is 7. The van der Waals surface area contributed by atoms with Crippen molar-refractivity contribution in [3.63, 3.8) is 0 Å². The van der Waals surface area contributed by atoms with E-state index in [1.165, 1.54) is 22.4 Å². The number of carbonyl (C=O) groups is 1. The van der Waals surface area contributed by atoms with Crippen LogP contribution in [0.2, 0.25) is 0 Å². The molecule has 12 heteroatoms. The van der Waals surface area contributed by atoms with Gasteiger partial charge in [0, 0.05) is 42.0 Å². The number of carbonyl (C=O) groups excluding carboxylic acids is 1. The predicted octanol–water partition coefficient (Wildman–Crippen LogP) is 5.30. The zero-order valence-electron chi connectivity index (χ0n) is 25.8. The van der Waals surface area contributed by atoms with Gasteiger partial charge in [-0.1, -0.05) is 26.5 Å². The summed E-state index contributed by atoms with van der Waals surface area (Å²) in [6.07, 6.45) is 4.72. The Bertz CT molecular complexity index is 2100.